The normalized spacial score (nSPS) is 21.5. The van der Waals surface area contributed by atoms with Gasteiger partial charge in [-0.1, -0.05) is 62.3 Å². The quantitative estimate of drug-likeness (QED) is 0.235. The fourth-order valence-corrected chi connectivity index (χ4v) is 8.27. The van der Waals surface area contributed by atoms with Crippen LogP contribution in [0.25, 0.3) is 11.0 Å². The van der Waals surface area contributed by atoms with Crippen LogP contribution in [-0.2, 0) is 27.6 Å². The van der Waals surface area contributed by atoms with E-state index in [0.29, 0.717) is 0 Å². The van der Waals surface area contributed by atoms with Gasteiger partial charge >= 0.3 is 0 Å². The van der Waals surface area contributed by atoms with Crippen molar-refractivity contribution in [1.82, 2.24) is 14.5 Å². The molecule has 11 nitrogen and oxygen atoms in total. The van der Waals surface area contributed by atoms with Crippen molar-refractivity contribution in [3.8, 4) is 0 Å². The number of hydrogen-bond acceptors (Lipinski definition) is 8. The Morgan fingerprint density at radius 1 is 0.812 bits per heavy atom. The molecule has 0 spiro atoms. The minimum Gasteiger partial charge on any atom is -0.414 e. The molecule has 3 heterocycles. The number of ether oxygens (including phenoxy) is 1. The van der Waals surface area contributed by atoms with E-state index in [0.717, 1.165) is 0 Å². The minimum absolute atomic E-state index is 0.0170. The number of halogens is 1. The van der Waals surface area contributed by atoms with E-state index in [-0.39, 0.29) is 44.4 Å². The number of carbonyl (C=O) groups excluding carboxylic acids is 2. The molecule has 1 aliphatic heterocycles. The molecule has 0 aliphatic carbocycles. The number of anilines is 2. The molecule has 1 fully saturated rings. The summed E-state index contributed by atoms with van der Waals surface area (Å²) in [5, 5.41) is 4.79. The first-order valence-electron chi connectivity index (χ1n) is 16.8. The van der Waals surface area contributed by atoms with Crippen molar-refractivity contribution in [3.05, 3.63) is 12.1 Å². The number of imidazole rings is 1. The van der Waals surface area contributed by atoms with Crippen LogP contribution in [0.5, 0.6) is 0 Å². The monoisotopic (exact) mass is 725 g/mol. The van der Waals surface area contributed by atoms with Crippen molar-refractivity contribution in [2.75, 3.05) is 17.2 Å². The van der Waals surface area contributed by atoms with E-state index in [1.54, 1.807) is 4.57 Å². The molecule has 0 saturated carbocycles. The average molecular weight is 726 g/mol. The molecule has 1 saturated heterocycles. The Hall–Kier alpha value is -2.02. The molecule has 15 heteroatoms. The standard InChI is InChI=1S/C33H60FN5O6Si3/c1-20(40)36-28-23(34)25-24(29(38-28)37-21(2)41)35-19-39(25)30-27(45-48(16,17)33(9,10)11)26(44-47(14,15)32(6,7)8)22(43-30)18-42-46(12,13)31(3,4)5/h19,22,26-27,30H,18H2,1-17H3,(H2,36,37,38,40,41)/t22-,26-,27-,30-/m1/s1. The number of amides is 2. The number of carbonyl (C=O) groups is 2. The molecule has 2 aromatic rings. The van der Waals surface area contributed by atoms with E-state index in [2.05, 4.69) is 122 Å². The molecular formula is C33H60FN5O6Si3. The zero-order valence-electron chi connectivity index (χ0n) is 32.3. The van der Waals surface area contributed by atoms with Gasteiger partial charge in [-0.25, -0.2) is 14.4 Å². The fourth-order valence-electron chi connectivity index (χ4n) is 4.65. The van der Waals surface area contributed by atoms with Gasteiger partial charge in [0.15, 0.2) is 48.6 Å². The molecule has 0 unspecified atom stereocenters. The van der Waals surface area contributed by atoms with Crippen LogP contribution >= 0.6 is 0 Å². The highest BCUT2D eigenvalue weighted by molar-refractivity contribution is 6.75. The number of pyridine rings is 1. The van der Waals surface area contributed by atoms with Crippen LogP contribution in [-0.4, -0.2) is 76.2 Å². The maximum atomic E-state index is 16.4. The molecule has 0 bridgehead atoms. The lowest BCUT2D eigenvalue weighted by atomic mass is 10.1. The lowest BCUT2D eigenvalue weighted by Gasteiger charge is -2.44. The summed E-state index contributed by atoms with van der Waals surface area (Å²) in [5.74, 6) is -2.03. The van der Waals surface area contributed by atoms with Gasteiger partial charge in [-0.15, -0.1) is 0 Å². The van der Waals surface area contributed by atoms with Gasteiger partial charge in [-0.2, -0.15) is 0 Å². The van der Waals surface area contributed by atoms with E-state index in [9.17, 15) is 9.59 Å². The molecule has 2 amide bonds. The first kappa shape index (κ1) is 40.4. The van der Waals surface area contributed by atoms with Crippen LogP contribution in [0, 0.1) is 5.82 Å². The maximum absolute atomic E-state index is 16.4. The number of fused-ring (bicyclic) bond motifs is 1. The summed E-state index contributed by atoms with van der Waals surface area (Å²) in [7, 11) is -7.10. The summed E-state index contributed by atoms with van der Waals surface area (Å²) in [5.41, 5.74) is 0.137. The molecule has 4 atom stereocenters. The van der Waals surface area contributed by atoms with Crippen molar-refractivity contribution < 1.29 is 32.0 Å². The summed E-state index contributed by atoms with van der Waals surface area (Å²) in [6, 6.07) is 0. The average Bonchev–Trinajstić information content (AvgIpc) is 3.45. The van der Waals surface area contributed by atoms with Crippen LogP contribution in [0.2, 0.25) is 54.4 Å². The topological polar surface area (TPSA) is 126 Å². The third-order valence-corrected chi connectivity index (χ3v) is 24.1. The van der Waals surface area contributed by atoms with E-state index in [1.165, 1.54) is 20.2 Å². The van der Waals surface area contributed by atoms with Gasteiger partial charge in [-0.3, -0.25) is 14.2 Å². The Labute approximate surface area is 289 Å². The molecule has 2 N–H and O–H groups in total. The zero-order chi connectivity index (χ0) is 37.0. The summed E-state index contributed by atoms with van der Waals surface area (Å²) in [6.45, 7) is 35.7. The number of aromatic nitrogens is 3. The summed E-state index contributed by atoms with van der Waals surface area (Å²) in [6.07, 6.45) is -1.14. The van der Waals surface area contributed by atoms with E-state index in [1.807, 2.05) is 0 Å². The number of nitrogens with zero attached hydrogens (tertiary/aromatic N) is 3. The molecular weight excluding hydrogens is 666 g/mol. The Balaban J connectivity index is 2.32. The van der Waals surface area contributed by atoms with Crippen molar-refractivity contribution in [2.45, 2.75) is 155 Å². The van der Waals surface area contributed by atoms with Crippen LogP contribution in [0.15, 0.2) is 6.33 Å². The second-order valence-electron chi connectivity index (χ2n) is 17.7. The molecule has 3 rings (SSSR count). The first-order chi connectivity index (χ1) is 21.5. The number of nitrogens with one attached hydrogen (secondary N) is 2. The molecule has 1 aliphatic rings. The lowest BCUT2D eigenvalue weighted by Crippen LogP contribution is -2.54. The van der Waals surface area contributed by atoms with Gasteiger partial charge in [0.1, 0.15) is 29.3 Å². The van der Waals surface area contributed by atoms with Crippen molar-refractivity contribution >= 4 is 59.4 Å². The van der Waals surface area contributed by atoms with Crippen molar-refractivity contribution in [2.24, 2.45) is 0 Å². The molecule has 272 valence electrons. The highest BCUT2D eigenvalue weighted by Gasteiger charge is 2.55. The number of hydrogen-bond donors (Lipinski definition) is 2. The van der Waals surface area contributed by atoms with Gasteiger partial charge < -0.3 is 28.6 Å². The second-order valence-corrected chi connectivity index (χ2v) is 32.0. The second kappa shape index (κ2) is 13.6. The minimum atomic E-state index is -2.48. The van der Waals surface area contributed by atoms with Crippen LogP contribution in [0.1, 0.15) is 82.4 Å². The van der Waals surface area contributed by atoms with Gasteiger partial charge in [0.05, 0.1) is 12.9 Å². The molecule has 0 aromatic carbocycles. The molecule has 0 radical (unpaired) electrons. The van der Waals surface area contributed by atoms with Gasteiger partial charge in [-0.05, 0) is 54.4 Å². The largest absolute Gasteiger partial charge is 0.414 e. The summed E-state index contributed by atoms with van der Waals surface area (Å²) >= 11 is 0. The lowest BCUT2D eigenvalue weighted by molar-refractivity contribution is -0.115. The Bertz CT molecular complexity index is 1510. The summed E-state index contributed by atoms with van der Waals surface area (Å²) < 4.78 is 46.1. The van der Waals surface area contributed by atoms with E-state index in [4.69, 9.17) is 18.0 Å². The Morgan fingerprint density at radius 3 is 1.73 bits per heavy atom. The smallest absolute Gasteiger partial charge is 0.222 e. The highest BCUT2D eigenvalue weighted by Crippen LogP contribution is 2.47. The van der Waals surface area contributed by atoms with Crippen molar-refractivity contribution in [3.63, 3.8) is 0 Å². The van der Waals surface area contributed by atoms with E-state index < -0.39 is 67.1 Å². The van der Waals surface area contributed by atoms with Gasteiger partial charge in [0.2, 0.25) is 11.8 Å². The molecule has 48 heavy (non-hydrogen) atoms. The maximum Gasteiger partial charge on any atom is 0.222 e. The third kappa shape index (κ3) is 8.46. The third-order valence-electron chi connectivity index (χ3n) is 10.7. The Kier molecular flexibility index (Phi) is 11.5. The fraction of sp³-hybridized carbons (Fsp3) is 0.758. The van der Waals surface area contributed by atoms with Crippen LogP contribution < -0.4 is 10.6 Å². The van der Waals surface area contributed by atoms with Gasteiger partial charge in [0.25, 0.3) is 0 Å². The van der Waals surface area contributed by atoms with Crippen LogP contribution in [0.3, 0.4) is 0 Å². The van der Waals surface area contributed by atoms with Crippen LogP contribution in [0.4, 0.5) is 16.0 Å². The predicted octanol–water partition coefficient (Wildman–Crippen LogP) is 8.19. The van der Waals surface area contributed by atoms with Gasteiger partial charge in [0, 0.05) is 13.8 Å². The first-order valence-corrected chi connectivity index (χ1v) is 25.5. The number of rotatable bonds is 10. The molecule has 2 aromatic heterocycles. The Morgan fingerprint density at radius 2 is 1.27 bits per heavy atom. The van der Waals surface area contributed by atoms with Crippen molar-refractivity contribution in [1.29, 1.82) is 0 Å². The zero-order valence-corrected chi connectivity index (χ0v) is 35.3. The highest BCUT2D eigenvalue weighted by atomic mass is 28.4. The predicted molar refractivity (Wildman–Crippen MR) is 197 cm³/mol. The SMILES string of the molecule is CC(=O)Nc1nc(NC(C)=O)c2ncn([C@@H]3O[C@H](CO[Si](C)(C)C(C)(C)C)[C@@H](O[Si](C)(C)C(C)(C)C)[C@H]3O[Si](C)(C)C(C)(C)C)c2c1F. The summed E-state index contributed by atoms with van der Waals surface area (Å²) in [4.78, 5) is 32.9. The van der Waals surface area contributed by atoms with E-state index >= 15 is 4.39 Å².